The van der Waals surface area contributed by atoms with Crippen LogP contribution >= 0.6 is 0 Å². The van der Waals surface area contributed by atoms with E-state index in [1.165, 1.54) is 6.07 Å². The van der Waals surface area contributed by atoms with Crippen molar-refractivity contribution in [3.63, 3.8) is 0 Å². The van der Waals surface area contributed by atoms with E-state index >= 15 is 0 Å². The number of para-hydroxylation sites is 2. The van der Waals surface area contributed by atoms with Crippen molar-refractivity contribution >= 4 is 17.7 Å². The zero-order valence-electron chi connectivity index (χ0n) is 16.4. The van der Waals surface area contributed by atoms with Gasteiger partial charge in [-0.05, 0) is 37.2 Å². The molecule has 0 aromatic heterocycles. The minimum Gasteiger partial charge on any atom is -0.488 e. The lowest BCUT2D eigenvalue weighted by molar-refractivity contribution is -0.117. The third-order valence-corrected chi connectivity index (χ3v) is 5.43. The molecule has 2 aromatic rings. The number of fused-ring (bicyclic) bond motifs is 1. The Morgan fingerprint density at radius 3 is 2.62 bits per heavy atom. The molecule has 29 heavy (non-hydrogen) atoms. The average Bonchev–Trinajstić information content (AvgIpc) is 2.77. The molecule has 0 aliphatic carbocycles. The van der Waals surface area contributed by atoms with Gasteiger partial charge in [0.25, 0.3) is 5.91 Å². The van der Waals surface area contributed by atoms with Gasteiger partial charge in [0.1, 0.15) is 18.2 Å². The molecule has 2 aromatic carbocycles. The van der Waals surface area contributed by atoms with E-state index in [9.17, 15) is 9.18 Å². The second-order valence-electron chi connectivity index (χ2n) is 7.39. The molecule has 0 atom stereocenters. The Labute approximate surface area is 170 Å². The SMILES string of the molecule is O=C(NCCCN1CCN(c2ccccc2F)CC1)C1=Cc2ccccc2OC1. The van der Waals surface area contributed by atoms with Crippen LogP contribution in [0.4, 0.5) is 10.1 Å². The Kier molecular flexibility index (Phi) is 6.10. The summed E-state index contributed by atoms with van der Waals surface area (Å²) in [6.07, 6.45) is 2.78. The fraction of sp³-hybridized carbons (Fsp3) is 0.348. The fourth-order valence-corrected chi connectivity index (χ4v) is 3.79. The van der Waals surface area contributed by atoms with Crippen molar-refractivity contribution < 1.29 is 13.9 Å². The van der Waals surface area contributed by atoms with Gasteiger partial charge in [-0.3, -0.25) is 9.69 Å². The number of amides is 1. The van der Waals surface area contributed by atoms with E-state index in [-0.39, 0.29) is 11.7 Å². The van der Waals surface area contributed by atoms with E-state index in [1.54, 1.807) is 6.07 Å². The van der Waals surface area contributed by atoms with Gasteiger partial charge in [-0.2, -0.15) is 0 Å². The zero-order valence-corrected chi connectivity index (χ0v) is 16.4. The molecule has 1 fully saturated rings. The molecule has 0 spiro atoms. The standard InChI is InChI=1S/C23H26FN3O2/c24-20-7-2-3-8-21(20)27-14-12-26(13-15-27)11-5-10-25-23(28)19-16-18-6-1-4-9-22(18)29-17-19/h1-4,6-9,16H,5,10-15,17H2,(H,25,28). The molecule has 2 aliphatic heterocycles. The van der Waals surface area contributed by atoms with Crippen molar-refractivity contribution in [3.8, 4) is 5.75 Å². The van der Waals surface area contributed by atoms with Gasteiger partial charge in [-0.15, -0.1) is 0 Å². The van der Waals surface area contributed by atoms with Gasteiger partial charge >= 0.3 is 0 Å². The Morgan fingerprint density at radius 1 is 1.03 bits per heavy atom. The average molecular weight is 395 g/mol. The molecule has 0 radical (unpaired) electrons. The predicted octanol–water partition coefficient (Wildman–Crippen LogP) is 2.93. The van der Waals surface area contributed by atoms with Crippen LogP contribution in [0.3, 0.4) is 0 Å². The first-order valence-corrected chi connectivity index (χ1v) is 10.1. The Hall–Kier alpha value is -2.86. The summed E-state index contributed by atoms with van der Waals surface area (Å²) in [5.41, 5.74) is 2.28. The van der Waals surface area contributed by atoms with Crippen LogP contribution in [0.15, 0.2) is 54.1 Å². The Bertz CT molecular complexity index is 891. The highest BCUT2D eigenvalue weighted by atomic mass is 19.1. The van der Waals surface area contributed by atoms with Gasteiger partial charge in [0, 0.05) is 38.3 Å². The number of halogens is 1. The number of piperazine rings is 1. The molecule has 0 bridgehead atoms. The second-order valence-corrected chi connectivity index (χ2v) is 7.39. The van der Waals surface area contributed by atoms with E-state index in [4.69, 9.17) is 4.74 Å². The molecular formula is C23H26FN3O2. The minimum atomic E-state index is -0.160. The summed E-state index contributed by atoms with van der Waals surface area (Å²) in [6.45, 7) is 5.29. The van der Waals surface area contributed by atoms with E-state index in [2.05, 4.69) is 15.1 Å². The van der Waals surface area contributed by atoms with Crippen LogP contribution in [-0.2, 0) is 4.79 Å². The number of rotatable bonds is 6. The van der Waals surface area contributed by atoms with Crippen molar-refractivity contribution in [2.75, 3.05) is 50.8 Å². The summed E-state index contributed by atoms with van der Waals surface area (Å²) in [7, 11) is 0. The maximum atomic E-state index is 13.9. The van der Waals surface area contributed by atoms with E-state index in [0.29, 0.717) is 24.4 Å². The van der Waals surface area contributed by atoms with Crippen molar-refractivity contribution in [3.05, 3.63) is 65.5 Å². The van der Waals surface area contributed by atoms with E-state index < -0.39 is 0 Å². The van der Waals surface area contributed by atoms with Crippen LogP contribution in [-0.4, -0.2) is 56.7 Å². The topological polar surface area (TPSA) is 44.8 Å². The maximum Gasteiger partial charge on any atom is 0.250 e. The van der Waals surface area contributed by atoms with Crippen LogP contribution in [0, 0.1) is 5.82 Å². The monoisotopic (exact) mass is 395 g/mol. The third kappa shape index (κ3) is 4.77. The molecular weight excluding hydrogens is 369 g/mol. The van der Waals surface area contributed by atoms with Gasteiger partial charge in [-0.1, -0.05) is 30.3 Å². The van der Waals surface area contributed by atoms with Crippen molar-refractivity contribution in [2.24, 2.45) is 0 Å². The van der Waals surface area contributed by atoms with Gasteiger partial charge in [0.15, 0.2) is 0 Å². The number of nitrogens with zero attached hydrogens (tertiary/aromatic N) is 2. The quantitative estimate of drug-likeness (QED) is 0.764. The minimum absolute atomic E-state index is 0.0659. The summed E-state index contributed by atoms with van der Waals surface area (Å²) in [5, 5.41) is 2.99. The number of ether oxygens (including phenoxy) is 1. The molecule has 1 amide bonds. The summed E-state index contributed by atoms with van der Waals surface area (Å²) < 4.78 is 19.6. The summed E-state index contributed by atoms with van der Waals surface area (Å²) >= 11 is 0. The molecule has 2 aliphatic rings. The number of carbonyl (C=O) groups excluding carboxylic acids is 1. The zero-order chi connectivity index (χ0) is 20.1. The first kappa shape index (κ1) is 19.5. The van der Waals surface area contributed by atoms with Gasteiger partial charge in [0.05, 0.1) is 11.3 Å². The number of hydrogen-bond acceptors (Lipinski definition) is 4. The number of benzene rings is 2. The Morgan fingerprint density at radius 2 is 1.79 bits per heavy atom. The normalized spacial score (nSPS) is 16.6. The molecule has 6 heteroatoms. The number of anilines is 1. The van der Waals surface area contributed by atoms with Gasteiger partial charge in [0.2, 0.25) is 0 Å². The lowest BCUT2D eigenvalue weighted by Crippen LogP contribution is -2.47. The van der Waals surface area contributed by atoms with Crippen LogP contribution < -0.4 is 15.0 Å². The number of hydrogen-bond donors (Lipinski definition) is 1. The fourth-order valence-electron chi connectivity index (χ4n) is 3.79. The lowest BCUT2D eigenvalue weighted by atomic mass is 10.1. The second kappa shape index (κ2) is 9.09. The van der Waals surface area contributed by atoms with Crippen LogP contribution in [0.25, 0.3) is 6.08 Å². The van der Waals surface area contributed by atoms with Crippen molar-refractivity contribution in [1.82, 2.24) is 10.2 Å². The van der Waals surface area contributed by atoms with E-state index in [0.717, 1.165) is 50.5 Å². The van der Waals surface area contributed by atoms with Crippen molar-refractivity contribution in [1.29, 1.82) is 0 Å². The molecule has 1 saturated heterocycles. The predicted molar refractivity (Wildman–Crippen MR) is 113 cm³/mol. The molecule has 0 saturated carbocycles. The van der Waals surface area contributed by atoms with Gasteiger partial charge in [-0.25, -0.2) is 4.39 Å². The van der Waals surface area contributed by atoms with Gasteiger partial charge < -0.3 is 15.0 Å². The highest BCUT2D eigenvalue weighted by Gasteiger charge is 2.19. The van der Waals surface area contributed by atoms with E-state index in [1.807, 2.05) is 42.5 Å². The highest BCUT2D eigenvalue weighted by molar-refractivity contribution is 5.99. The molecule has 0 unspecified atom stereocenters. The molecule has 5 nitrogen and oxygen atoms in total. The molecule has 1 N–H and O–H groups in total. The number of carbonyl (C=O) groups is 1. The third-order valence-electron chi connectivity index (χ3n) is 5.43. The number of nitrogens with one attached hydrogen (secondary N) is 1. The molecule has 152 valence electrons. The van der Waals surface area contributed by atoms with Crippen LogP contribution in [0.1, 0.15) is 12.0 Å². The van der Waals surface area contributed by atoms with Crippen molar-refractivity contribution in [2.45, 2.75) is 6.42 Å². The maximum absolute atomic E-state index is 13.9. The summed E-state index contributed by atoms with van der Waals surface area (Å²) in [4.78, 5) is 16.8. The van der Waals surface area contributed by atoms with Crippen LogP contribution in [0.2, 0.25) is 0 Å². The first-order chi connectivity index (χ1) is 14.2. The molecule has 2 heterocycles. The smallest absolute Gasteiger partial charge is 0.250 e. The Balaban J connectivity index is 1.18. The first-order valence-electron chi connectivity index (χ1n) is 10.1. The molecule has 4 rings (SSSR count). The summed E-state index contributed by atoms with van der Waals surface area (Å²) in [6, 6.07) is 14.7. The van der Waals surface area contributed by atoms with Crippen LogP contribution in [0.5, 0.6) is 5.75 Å². The lowest BCUT2D eigenvalue weighted by Gasteiger charge is -2.36. The highest BCUT2D eigenvalue weighted by Crippen LogP contribution is 2.25. The largest absolute Gasteiger partial charge is 0.488 e. The summed E-state index contributed by atoms with van der Waals surface area (Å²) in [5.74, 6) is 0.592.